The summed E-state index contributed by atoms with van der Waals surface area (Å²) in [6.45, 7) is 2.35. The monoisotopic (exact) mass is 462 g/mol. The van der Waals surface area contributed by atoms with Crippen LogP contribution >= 0.6 is 11.8 Å². The van der Waals surface area contributed by atoms with E-state index in [1.54, 1.807) is 18.2 Å². The number of likely N-dealkylation sites (tertiary alicyclic amines) is 1. The highest BCUT2D eigenvalue weighted by Crippen LogP contribution is 2.36. The highest BCUT2D eigenvalue weighted by atomic mass is 32.2. The lowest BCUT2D eigenvalue weighted by atomic mass is 9.81. The quantitative estimate of drug-likeness (QED) is 0.550. The molecule has 4 rings (SSSR count). The number of pyridine rings is 1. The molecule has 1 aromatic heterocycles. The Morgan fingerprint density at radius 3 is 2.91 bits per heavy atom. The molecule has 2 aliphatic rings. The van der Waals surface area contributed by atoms with E-state index < -0.39 is 23.8 Å². The highest BCUT2D eigenvalue weighted by molar-refractivity contribution is 8.00. The maximum Gasteiger partial charge on any atom is 0.308 e. The number of carbonyl (C=O) groups is 1. The number of ether oxygens (including phenoxy) is 1. The summed E-state index contributed by atoms with van der Waals surface area (Å²) < 4.78 is 19.9. The molecule has 3 atom stereocenters. The van der Waals surface area contributed by atoms with E-state index in [0.717, 1.165) is 36.7 Å². The first-order valence-electron chi connectivity index (χ1n) is 11.3. The van der Waals surface area contributed by atoms with Crippen LogP contribution < -0.4 is 4.74 Å². The smallest absolute Gasteiger partial charge is 0.308 e. The molecule has 0 unspecified atom stereocenters. The van der Waals surface area contributed by atoms with Crippen LogP contribution in [0.4, 0.5) is 4.39 Å². The molecular weight excluding hydrogens is 431 g/mol. The molecule has 1 aromatic carbocycles. The number of methoxy groups -OCH3 is 1. The minimum absolute atomic E-state index is 0.0276. The Morgan fingerprint density at radius 1 is 1.38 bits per heavy atom. The van der Waals surface area contributed by atoms with Crippen LogP contribution in [0.25, 0.3) is 10.9 Å². The second kappa shape index (κ2) is 10.4. The average Bonchev–Trinajstić information content (AvgIpc) is 3.61. The van der Waals surface area contributed by atoms with Crippen LogP contribution in [0.5, 0.6) is 5.75 Å². The highest BCUT2D eigenvalue weighted by Gasteiger charge is 2.35. The SMILES string of the molecule is COc1ccc2ncc(F)c([C@@H](O)CC[C@H]3CCN(CCSC4CC4)C[C@H]3C(=O)O)c2c1. The molecule has 0 spiro atoms. The molecule has 2 aromatic rings. The number of rotatable bonds is 10. The molecule has 1 saturated heterocycles. The summed E-state index contributed by atoms with van der Waals surface area (Å²) in [5.74, 6) is -0.207. The molecule has 8 heteroatoms. The van der Waals surface area contributed by atoms with Crippen molar-refractivity contribution in [1.29, 1.82) is 0 Å². The lowest BCUT2D eigenvalue weighted by molar-refractivity contribution is -0.146. The number of aliphatic hydroxyl groups is 1. The van der Waals surface area contributed by atoms with Crippen molar-refractivity contribution in [1.82, 2.24) is 9.88 Å². The van der Waals surface area contributed by atoms with Crippen LogP contribution in [0.15, 0.2) is 24.4 Å². The van der Waals surface area contributed by atoms with Gasteiger partial charge in [0.25, 0.3) is 0 Å². The lowest BCUT2D eigenvalue weighted by Gasteiger charge is -2.37. The number of nitrogens with zero attached hydrogens (tertiary/aromatic N) is 2. The van der Waals surface area contributed by atoms with Gasteiger partial charge in [-0.15, -0.1) is 0 Å². The zero-order chi connectivity index (χ0) is 22.7. The second-order valence-corrected chi connectivity index (χ2v) is 10.3. The molecular formula is C24H31FN2O4S. The molecule has 1 aliphatic heterocycles. The summed E-state index contributed by atoms with van der Waals surface area (Å²) in [6.07, 6.45) is 4.35. The number of thioether (sulfide) groups is 1. The standard InChI is InChI=1S/C24H31FN2O4S/c1-31-16-3-6-21-18(12-16)23(20(25)13-26-21)22(28)7-2-15-8-9-27(14-19(15)24(29)30)10-11-32-17-4-5-17/h3,6,12-13,15,17,19,22,28H,2,4-5,7-11,14H2,1H3,(H,29,30)/t15-,19+,22-/m0/s1. The number of carboxylic acid groups (broad SMARTS) is 1. The topological polar surface area (TPSA) is 82.9 Å². The number of piperidine rings is 1. The zero-order valence-corrected chi connectivity index (χ0v) is 19.2. The Labute approximate surface area is 192 Å². The number of aliphatic hydroxyl groups excluding tert-OH is 1. The summed E-state index contributed by atoms with van der Waals surface area (Å²) in [7, 11) is 1.53. The fourth-order valence-electron chi connectivity index (χ4n) is 4.63. The van der Waals surface area contributed by atoms with Crippen molar-refractivity contribution in [3.8, 4) is 5.75 Å². The summed E-state index contributed by atoms with van der Waals surface area (Å²) in [6, 6.07) is 5.17. The lowest BCUT2D eigenvalue weighted by Crippen LogP contribution is -2.44. The van der Waals surface area contributed by atoms with E-state index in [0.29, 0.717) is 36.0 Å². The number of aliphatic carboxylic acids is 1. The number of fused-ring (bicyclic) bond motifs is 1. The number of aromatic nitrogens is 1. The van der Waals surface area contributed by atoms with Gasteiger partial charge in [-0.2, -0.15) is 11.8 Å². The van der Waals surface area contributed by atoms with E-state index in [4.69, 9.17) is 4.74 Å². The van der Waals surface area contributed by atoms with Gasteiger partial charge in [0.15, 0.2) is 0 Å². The summed E-state index contributed by atoms with van der Waals surface area (Å²) >= 11 is 1.99. The first-order chi connectivity index (χ1) is 15.5. The van der Waals surface area contributed by atoms with Gasteiger partial charge in [-0.3, -0.25) is 9.78 Å². The third-order valence-corrected chi connectivity index (χ3v) is 8.02. The van der Waals surface area contributed by atoms with Gasteiger partial charge < -0.3 is 19.8 Å². The maximum absolute atomic E-state index is 14.6. The average molecular weight is 463 g/mol. The van der Waals surface area contributed by atoms with Crippen LogP contribution in [0.2, 0.25) is 0 Å². The second-order valence-electron chi connectivity index (χ2n) is 8.86. The Hall–Kier alpha value is -1.90. The summed E-state index contributed by atoms with van der Waals surface area (Å²) in [4.78, 5) is 18.3. The van der Waals surface area contributed by atoms with E-state index in [1.807, 2.05) is 11.8 Å². The Kier molecular flexibility index (Phi) is 7.53. The van der Waals surface area contributed by atoms with Crippen molar-refractivity contribution in [3.63, 3.8) is 0 Å². The van der Waals surface area contributed by atoms with Gasteiger partial charge in [0.05, 0.1) is 30.8 Å². The molecule has 1 saturated carbocycles. The van der Waals surface area contributed by atoms with Gasteiger partial charge in [0.1, 0.15) is 11.6 Å². The molecule has 0 radical (unpaired) electrons. The van der Waals surface area contributed by atoms with Crippen LogP contribution in [0, 0.1) is 17.7 Å². The van der Waals surface area contributed by atoms with Crippen LogP contribution in [0.1, 0.15) is 43.8 Å². The van der Waals surface area contributed by atoms with Gasteiger partial charge in [0, 0.05) is 35.0 Å². The summed E-state index contributed by atoms with van der Waals surface area (Å²) in [5.41, 5.74) is 0.789. The minimum atomic E-state index is -1.03. The molecule has 174 valence electrons. The Morgan fingerprint density at radius 2 is 2.19 bits per heavy atom. The largest absolute Gasteiger partial charge is 0.497 e. The number of hydrogen-bond donors (Lipinski definition) is 2. The molecule has 0 bridgehead atoms. The number of halogens is 1. The number of hydrogen-bond acceptors (Lipinski definition) is 6. The molecule has 1 aliphatic carbocycles. The van der Waals surface area contributed by atoms with Gasteiger partial charge in [-0.05, 0) is 62.8 Å². The molecule has 32 heavy (non-hydrogen) atoms. The fraction of sp³-hybridized carbons (Fsp3) is 0.583. The Balaban J connectivity index is 1.40. The molecule has 2 N–H and O–H groups in total. The molecule has 2 fully saturated rings. The normalized spacial score (nSPS) is 22.7. The minimum Gasteiger partial charge on any atom is -0.497 e. The van der Waals surface area contributed by atoms with Crippen LogP contribution in [-0.4, -0.2) is 63.8 Å². The van der Waals surface area contributed by atoms with Crippen molar-refractivity contribution >= 4 is 28.6 Å². The number of carboxylic acids is 1. The maximum atomic E-state index is 14.6. The fourth-order valence-corrected chi connectivity index (χ4v) is 5.80. The van der Waals surface area contributed by atoms with E-state index in [1.165, 1.54) is 20.0 Å². The van der Waals surface area contributed by atoms with Crippen molar-refractivity contribution in [2.75, 3.05) is 32.5 Å². The van der Waals surface area contributed by atoms with E-state index in [9.17, 15) is 19.4 Å². The third kappa shape index (κ3) is 5.53. The van der Waals surface area contributed by atoms with E-state index >= 15 is 0 Å². The summed E-state index contributed by atoms with van der Waals surface area (Å²) in [5, 5.41) is 22.0. The Bertz CT molecular complexity index is 955. The number of benzene rings is 1. The molecule has 6 nitrogen and oxygen atoms in total. The first kappa shape index (κ1) is 23.3. The van der Waals surface area contributed by atoms with Gasteiger partial charge in [-0.25, -0.2) is 4.39 Å². The third-order valence-electron chi connectivity index (χ3n) is 6.65. The molecule has 0 amide bonds. The molecule has 2 heterocycles. The van der Waals surface area contributed by atoms with Crippen LogP contribution in [0.3, 0.4) is 0 Å². The van der Waals surface area contributed by atoms with Gasteiger partial charge in [-0.1, -0.05) is 0 Å². The van der Waals surface area contributed by atoms with Crippen molar-refractivity contribution in [2.24, 2.45) is 11.8 Å². The van der Waals surface area contributed by atoms with Gasteiger partial charge in [0.2, 0.25) is 0 Å². The van der Waals surface area contributed by atoms with Crippen molar-refractivity contribution in [2.45, 2.75) is 43.5 Å². The van der Waals surface area contributed by atoms with Gasteiger partial charge >= 0.3 is 5.97 Å². The van der Waals surface area contributed by atoms with E-state index in [2.05, 4.69) is 9.88 Å². The van der Waals surface area contributed by atoms with E-state index in [-0.39, 0.29) is 11.5 Å². The van der Waals surface area contributed by atoms with Crippen molar-refractivity contribution in [3.05, 3.63) is 35.8 Å². The first-order valence-corrected chi connectivity index (χ1v) is 12.4. The predicted octanol–water partition coefficient (Wildman–Crippen LogP) is 4.11. The zero-order valence-electron chi connectivity index (χ0n) is 18.4. The predicted molar refractivity (Wildman–Crippen MR) is 124 cm³/mol. The van der Waals surface area contributed by atoms with Crippen LogP contribution in [-0.2, 0) is 4.79 Å². The van der Waals surface area contributed by atoms with Crippen molar-refractivity contribution < 1.29 is 24.1 Å².